The molecule has 2 aromatic rings. The van der Waals surface area contributed by atoms with Crippen molar-refractivity contribution in [2.24, 2.45) is 5.14 Å². The summed E-state index contributed by atoms with van der Waals surface area (Å²) in [4.78, 5) is 10.1. The van der Waals surface area contributed by atoms with Gasteiger partial charge in [-0.1, -0.05) is 0 Å². The third kappa shape index (κ3) is 1.38. The first kappa shape index (κ1) is 8.14. The van der Waals surface area contributed by atoms with Gasteiger partial charge in [-0.2, -0.15) is 0 Å². The molecule has 0 unspecified atom stereocenters. The second-order valence-electron chi connectivity index (χ2n) is 2.49. The first-order valence-corrected chi connectivity index (χ1v) is 4.94. The number of aromatic nitrogens is 3. The Labute approximate surface area is 73.9 Å². The van der Waals surface area contributed by atoms with Gasteiger partial charge in [-0.15, -0.1) is 0 Å². The summed E-state index contributed by atoms with van der Waals surface area (Å²) in [5, 5.41) is 5.24. The van der Waals surface area contributed by atoms with E-state index in [2.05, 4.69) is 15.0 Å². The van der Waals surface area contributed by atoms with Crippen molar-refractivity contribution in [1.29, 1.82) is 0 Å². The summed E-state index contributed by atoms with van der Waals surface area (Å²) in [5.74, 6) is 0. The maximum absolute atomic E-state index is 10.8. The molecule has 0 bridgehead atoms. The number of hydrogen-bond acceptors (Lipinski definition) is 4. The Balaban J connectivity index is 2.75. The van der Waals surface area contributed by atoms with Crippen molar-refractivity contribution in [3.63, 3.8) is 0 Å². The third-order valence-electron chi connectivity index (χ3n) is 1.54. The standard InChI is InChI=1S/C6H6N4O2S/c7-13(11,12)6-9-2-4-1-8-3-5(4)10-6/h1-3,8H,(H2,7,11,12). The van der Waals surface area contributed by atoms with Crippen LogP contribution in [0.3, 0.4) is 0 Å². The van der Waals surface area contributed by atoms with Gasteiger partial charge >= 0.3 is 0 Å². The molecule has 7 heteroatoms. The number of rotatable bonds is 1. The molecule has 0 spiro atoms. The minimum atomic E-state index is -3.81. The van der Waals surface area contributed by atoms with Gasteiger partial charge in [0.25, 0.3) is 15.2 Å². The van der Waals surface area contributed by atoms with Gasteiger partial charge in [0.2, 0.25) is 0 Å². The Morgan fingerprint density at radius 1 is 1.38 bits per heavy atom. The van der Waals surface area contributed by atoms with Crippen LogP contribution in [0.25, 0.3) is 10.9 Å². The molecular weight excluding hydrogens is 192 g/mol. The second-order valence-corrected chi connectivity index (χ2v) is 3.95. The van der Waals surface area contributed by atoms with Crippen LogP contribution in [0.4, 0.5) is 0 Å². The fourth-order valence-electron chi connectivity index (χ4n) is 0.962. The van der Waals surface area contributed by atoms with Crippen molar-refractivity contribution in [3.05, 3.63) is 18.6 Å². The number of hydrogen-bond donors (Lipinski definition) is 2. The Bertz CT molecular complexity index is 545. The van der Waals surface area contributed by atoms with Crippen LogP contribution in [0, 0.1) is 0 Å². The molecule has 0 saturated carbocycles. The van der Waals surface area contributed by atoms with Crippen LogP contribution in [0.1, 0.15) is 0 Å². The molecule has 0 atom stereocenters. The van der Waals surface area contributed by atoms with Crippen molar-refractivity contribution in [3.8, 4) is 0 Å². The Morgan fingerprint density at radius 3 is 2.85 bits per heavy atom. The lowest BCUT2D eigenvalue weighted by molar-refractivity contribution is 0.589. The number of nitrogens with two attached hydrogens (primary N) is 1. The van der Waals surface area contributed by atoms with Gasteiger partial charge in [-0.25, -0.2) is 23.5 Å². The quantitative estimate of drug-likeness (QED) is 0.609. The van der Waals surface area contributed by atoms with Crippen LogP contribution in [0.5, 0.6) is 0 Å². The zero-order valence-electron chi connectivity index (χ0n) is 6.43. The van der Waals surface area contributed by atoms with Gasteiger partial charge in [0.1, 0.15) is 0 Å². The highest BCUT2D eigenvalue weighted by atomic mass is 32.2. The average Bonchev–Trinajstić information content (AvgIpc) is 2.47. The zero-order valence-corrected chi connectivity index (χ0v) is 7.25. The van der Waals surface area contributed by atoms with Crippen LogP contribution in [0.2, 0.25) is 0 Å². The predicted octanol–water partition coefficient (Wildman–Crippen LogP) is -0.395. The van der Waals surface area contributed by atoms with Gasteiger partial charge in [-0.05, 0) is 0 Å². The van der Waals surface area contributed by atoms with Crippen LogP contribution < -0.4 is 5.14 Å². The van der Waals surface area contributed by atoms with Gasteiger partial charge in [0.15, 0.2) is 0 Å². The summed E-state index contributed by atoms with van der Waals surface area (Å²) in [6.45, 7) is 0. The predicted molar refractivity (Wildman–Crippen MR) is 45.3 cm³/mol. The molecule has 0 aliphatic rings. The normalized spacial score (nSPS) is 12.1. The minimum absolute atomic E-state index is 0.361. The van der Waals surface area contributed by atoms with E-state index in [1.54, 1.807) is 12.4 Å². The van der Waals surface area contributed by atoms with E-state index in [1.165, 1.54) is 6.20 Å². The van der Waals surface area contributed by atoms with Crippen molar-refractivity contribution >= 4 is 20.9 Å². The third-order valence-corrected chi connectivity index (χ3v) is 2.24. The largest absolute Gasteiger partial charge is 0.365 e. The summed E-state index contributed by atoms with van der Waals surface area (Å²) < 4.78 is 21.7. The second kappa shape index (κ2) is 2.51. The summed E-state index contributed by atoms with van der Waals surface area (Å²) in [6.07, 6.45) is 4.65. The van der Waals surface area contributed by atoms with Crippen molar-refractivity contribution in [1.82, 2.24) is 15.0 Å². The Hall–Kier alpha value is -1.47. The molecule has 0 fully saturated rings. The summed E-state index contributed by atoms with van der Waals surface area (Å²) >= 11 is 0. The SMILES string of the molecule is NS(=O)(=O)c1ncc2c[nH]cc2n1. The Kier molecular flexibility index (Phi) is 1.57. The first-order valence-electron chi connectivity index (χ1n) is 3.40. The number of aromatic amines is 1. The molecule has 3 N–H and O–H groups in total. The molecule has 0 saturated heterocycles. The van der Waals surface area contributed by atoms with Crippen LogP contribution in [-0.2, 0) is 10.0 Å². The smallest absolute Gasteiger partial charge is 0.273 e. The molecule has 6 nitrogen and oxygen atoms in total. The van der Waals surface area contributed by atoms with Crippen LogP contribution in [0.15, 0.2) is 23.7 Å². The molecule has 0 amide bonds. The van der Waals surface area contributed by atoms with Crippen molar-refractivity contribution < 1.29 is 8.42 Å². The molecule has 0 radical (unpaired) electrons. The highest BCUT2D eigenvalue weighted by Gasteiger charge is 2.11. The lowest BCUT2D eigenvalue weighted by Gasteiger charge is -1.94. The van der Waals surface area contributed by atoms with Crippen LogP contribution >= 0.6 is 0 Å². The number of primary sulfonamides is 1. The minimum Gasteiger partial charge on any atom is -0.365 e. The maximum atomic E-state index is 10.8. The summed E-state index contributed by atoms with van der Waals surface area (Å²) in [5.41, 5.74) is 0.527. The van der Waals surface area contributed by atoms with E-state index in [0.717, 1.165) is 5.39 Å². The summed E-state index contributed by atoms with van der Waals surface area (Å²) in [7, 11) is -3.81. The van der Waals surface area contributed by atoms with Gasteiger partial charge in [0, 0.05) is 24.0 Å². The zero-order chi connectivity index (χ0) is 9.47. The highest BCUT2D eigenvalue weighted by Crippen LogP contribution is 2.09. The molecule has 68 valence electrons. The summed E-state index contributed by atoms with van der Waals surface area (Å²) in [6, 6.07) is 0. The van der Waals surface area contributed by atoms with Crippen molar-refractivity contribution in [2.45, 2.75) is 5.16 Å². The van der Waals surface area contributed by atoms with E-state index >= 15 is 0 Å². The van der Waals surface area contributed by atoms with E-state index in [4.69, 9.17) is 5.14 Å². The van der Waals surface area contributed by atoms with E-state index < -0.39 is 10.0 Å². The van der Waals surface area contributed by atoms with Crippen molar-refractivity contribution in [2.75, 3.05) is 0 Å². The number of sulfonamides is 1. The number of H-pyrrole nitrogens is 1. The van der Waals surface area contributed by atoms with Gasteiger partial charge < -0.3 is 4.98 Å². The molecule has 0 aliphatic heterocycles. The number of nitrogens with one attached hydrogen (secondary N) is 1. The fourth-order valence-corrected chi connectivity index (χ4v) is 1.39. The molecule has 2 heterocycles. The van der Waals surface area contributed by atoms with E-state index in [-0.39, 0.29) is 5.16 Å². The first-order chi connectivity index (χ1) is 6.07. The molecule has 2 aromatic heterocycles. The van der Waals surface area contributed by atoms with Crippen LogP contribution in [-0.4, -0.2) is 23.4 Å². The van der Waals surface area contributed by atoms with Gasteiger partial charge in [0.05, 0.1) is 5.52 Å². The number of fused-ring (bicyclic) bond motifs is 1. The molecular formula is C6H6N4O2S. The molecule has 0 aromatic carbocycles. The molecule has 0 aliphatic carbocycles. The fraction of sp³-hybridized carbons (Fsp3) is 0. The highest BCUT2D eigenvalue weighted by molar-refractivity contribution is 7.89. The topological polar surface area (TPSA) is 102 Å². The number of nitrogens with zero attached hydrogens (tertiary/aromatic N) is 2. The molecule has 2 rings (SSSR count). The lowest BCUT2D eigenvalue weighted by atomic mass is 10.4. The van der Waals surface area contributed by atoms with E-state index in [9.17, 15) is 8.42 Å². The van der Waals surface area contributed by atoms with E-state index in [1.807, 2.05) is 0 Å². The molecule has 13 heavy (non-hydrogen) atoms. The van der Waals surface area contributed by atoms with E-state index in [0.29, 0.717) is 5.52 Å². The monoisotopic (exact) mass is 198 g/mol. The average molecular weight is 198 g/mol. The van der Waals surface area contributed by atoms with Gasteiger partial charge in [-0.3, -0.25) is 0 Å². The maximum Gasteiger partial charge on any atom is 0.273 e. The Morgan fingerprint density at radius 2 is 2.15 bits per heavy atom. The lowest BCUT2D eigenvalue weighted by Crippen LogP contribution is -2.15.